The minimum Gasteiger partial charge on any atom is -0.491 e. The van der Waals surface area contributed by atoms with Crippen molar-refractivity contribution in [2.45, 2.75) is 39.0 Å². The lowest BCUT2D eigenvalue weighted by Crippen LogP contribution is -2.52. The molecule has 144 valence electrons. The number of hydrogen-bond donors (Lipinski definition) is 0. The highest BCUT2D eigenvalue weighted by Crippen LogP contribution is 2.26. The molecule has 0 spiro atoms. The molecule has 9 heteroatoms. The summed E-state index contributed by atoms with van der Waals surface area (Å²) in [6.45, 7) is 11.9. The zero-order valence-corrected chi connectivity index (χ0v) is 16.8. The second-order valence-corrected chi connectivity index (χ2v) is 8.71. The van der Waals surface area contributed by atoms with E-state index in [1.165, 1.54) is 28.3 Å². The van der Waals surface area contributed by atoms with Gasteiger partial charge in [-0.3, -0.25) is 0 Å². The minimum absolute atomic E-state index is 0.127. The first-order chi connectivity index (χ1) is 11.5. The average molecular weight is 376 g/mol. The quantitative estimate of drug-likeness (QED) is 0.168. The van der Waals surface area contributed by atoms with E-state index in [-0.39, 0.29) is 12.2 Å². The summed E-state index contributed by atoms with van der Waals surface area (Å²) < 4.78 is 31.6. The van der Waals surface area contributed by atoms with E-state index in [1.807, 2.05) is 0 Å². The van der Waals surface area contributed by atoms with E-state index in [0.29, 0.717) is 18.0 Å². The molecule has 0 aliphatic rings. The summed E-state index contributed by atoms with van der Waals surface area (Å²) in [6.07, 6.45) is -1.40. The molecule has 0 fully saturated rings. The molecule has 0 saturated heterocycles. The highest BCUT2D eigenvalue weighted by Gasteiger charge is 2.46. The zero-order chi connectivity index (χ0) is 19.7. The van der Waals surface area contributed by atoms with Crippen LogP contribution in [0.25, 0.3) is 0 Å². The van der Waals surface area contributed by atoms with Crippen molar-refractivity contribution >= 4 is 20.5 Å². The molecule has 1 unspecified atom stereocenters. The van der Waals surface area contributed by atoms with Crippen molar-refractivity contribution in [3.05, 3.63) is 24.3 Å². The van der Waals surface area contributed by atoms with Crippen molar-refractivity contribution in [2.24, 2.45) is 0 Å². The zero-order valence-electron chi connectivity index (χ0n) is 15.8. The Labute approximate surface area is 149 Å². The van der Waals surface area contributed by atoms with Gasteiger partial charge in [-0.05, 0) is 26.8 Å². The van der Waals surface area contributed by atoms with E-state index in [2.05, 4.69) is 13.2 Å². The SMILES string of the molecule is C=C(C)C(=O)OCCC[Si](C)(OC(=O)C(=C)C)OC(OC)(OC)OC. The monoisotopic (exact) mass is 376 g/mol. The Balaban J connectivity index is 5.07. The predicted molar refractivity (Wildman–Crippen MR) is 92.6 cm³/mol. The van der Waals surface area contributed by atoms with E-state index < -0.39 is 26.7 Å². The summed E-state index contributed by atoms with van der Waals surface area (Å²) >= 11 is 0. The summed E-state index contributed by atoms with van der Waals surface area (Å²) in [6, 6.07) is 0.313. The molecule has 0 aromatic rings. The van der Waals surface area contributed by atoms with Crippen molar-refractivity contribution in [1.82, 2.24) is 0 Å². The molecule has 0 heterocycles. The molecule has 8 nitrogen and oxygen atoms in total. The lowest BCUT2D eigenvalue weighted by molar-refractivity contribution is -0.456. The van der Waals surface area contributed by atoms with Crippen LogP contribution in [0.4, 0.5) is 0 Å². The van der Waals surface area contributed by atoms with Gasteiger partial charge in [-0.25, -0.2) is 9.59 Å². The van der Waals surface area contributed by atoms with Crippen molar-refractivity contribution in [3.63, 3.8) is 0 Å². The van der Waals surface area contributed by atoms with Gasteiger partial charge in [-0.1, -0.05) is 13.2 Å². The van der Waals surface area contributed by atoms with Gasteiger partial charge < -0.3 is 27.8 Å². The van der Waals surface area contributed by atoms with Crippen LogP contribution in [0.1, 0.15) is 20.3 Å². The van der Waals surface area contributed by atoms with Gasteiger partial charge in [0.2, 0.25) is 0 Å². The Morgan fingerprint density at radius 3 is 1.84 bits per heavy atom. The third kappa shape index (κ3) is 7.93. The number of rotatable bonds is 12. The molecule has 25 heavy (non-hydrogen) atoms. The summed E-state index contributed by atoms with van der Waals surface area (Å²) in [4.78, 5) is 23.4. The van der Waals surface area contributed by atoms with E-state index in [4.69, 9.17) is 27.8 Å². The van der Waals surface area contributed by atoms with Gasteiger partial charge in [-0.2, -0.15) is 0 Å². The van der Waals surface area contributed by atoms with Crippen LogP contribution in [0, 0.1) is 0 Å². The van der Waals surface area contributed by atoms with Gasteiger partial charge in [0.05, 0.1) is 6.61 Å². The highest BCUT2D eigenvalue weighted by atomic mass is 28.4. The molecule has 0 N–H and O–H groups in total. The van der Waals surface area contributed by atoms with Crippen LogP contribution < -0.4 is 0 Å². The summed E-state index contributed by atoms with van der Waals surface area (Å²) in [5.74, 6) is -1.08. The molecule has 0 aliphatic heterocycles. The minimum atomic E-state index is -3.17. The number of hydrogen-bond acceptors (Lipinski definition) is 8. The van der Waals surface area contributed by atoms with Crippen LogP contribution in [0.3, 0.4) is 0 Å². The smallest absolute Gasteiger partial charge is 0.404 e. The van der Waals surface area contributed by atoms with Crippen LogP contribution in [-0.2, 0) is 37.4 Å². The first-order valence-corrected chi connectivity index (χ1v) is 10.1. The largest absolute Gasteiger partial charge is 0.491 e. The molecule has 0 amide bonds. The standard InChI is InChI=1S/C16H28O8Si/c1-12(2)14(17)22-10-9-11-25(8,23-15(18)13(3)4)24-16(19-5,20-6)21-7/h1,3,9-11H2,2,4-8H3. The lowest BCUT2D eigenvalue weighted by Gasteiger charge is -2.36. The van der Waals surface area contributed by atoms with Gasteiger partial charge in [0.15, 0.2) is 0 Å². The van der Waals surface area contributed by atoms with Gasteiger partial charge in [-0.15, -0.1) is 0 Å². The van der Waals surface area contributed by atoms with E-state index in [9.17, 15) is 9.59 Å². The second-order valence-electron chi connectivity index (χ2n) is 5.54. The maximum Gasteiger partial charge on any atom is 0.404 e. The number of esters is 1. The van der Waals surface area contributed by atoms with E-state index in [1.54, 1.807) is 13.5 Å². The van der Waals surface area contributed by atoms with Gasteiger partial charge >= 0.3 is 26.7 Å². The maximum atomic E-state index is 12.0. The van der Waals surface area contributed by atoms with Crippen molar-refractivity contribution < 1.29 is 37.4 Å². The fourth-order valence-electron chi connectivity index (χ4n) is 1.73. The Bertz CT molecular complexity index is 492. The molecular formula is C16H28O8Si. The molecule has 0 aliphatic carbocycles. The fraction of sp³-hybridized carbons (Fsp3) is 0.625. The van der Waals surface area contributed by atoms with Gasteiger partial charge in [0.1, 0.15) is 0 Å². The van der Waals surface area contributed by atoms with Crippen LogP contribution in [0.5, 0.6) is 0 Å². The van der Waals surface area contributed by atoms with Crippen LogP contribution in [0.2, 0.25) is 12.6 Å². The summed E-state index contributed by atoms with van der Waals surface area (Å²) in [5.41, 5.74) is 0.538. The Morgan fingerprint density at radius 2 is 1.44 bits per heavy atom. The van der Waals surface area contributed by atoms with E-state index in [0.717, 1.165) is 0 Å². The van der Waals surface area contributed by atoms with Crippen LogP contribution >= 0.6 is 0 Å². The molecule has 0 aromatic heterocycles. The summed E-state index contributed by atoms with van der Waals surface area (Å²) in [5, 5.41) is 0. The molecular weight excluding hydrogens is 348 g/mol. The first kappa shape index (κ1) is 23.5. The highest BCUT2D eigenvalue weighted by molar-refractivity contribution is 6.67. The molecule has 0 radical (unpaired) electrons. The lowest BCUT2D eigenvalue weighted by atomic mass is 10.4. The second kappa shape index (κ2) is 10.5. The Hall–Kier alpha value is -1.52. The van der Waals surface area contributed by atoms with Crippen molar-refractivity contribution in [1.29, 1.82) is 0 Å². The number of carbonyl (C=O) groups is 2. The molecule has 0 aromatic carbocycles. The Morgan fingerprint density at radius 1 is 0.960 bits per heavy atom. The predicted octanol–water partition coefficient (Wildman–Crippen LogP) is 2.25. The average Bonchev–Trinajstić information content (AvgIpc) is 2.56. The van der Waals surface area contributed by atoms with Crippen LogP contribution in [-0.4, -0.2) is 54.6 Å². The topological polar surface area (TPSA) is 89.5 Å². The van der Waals surface area contributed by atoms with Crippen molar-refractivity contribution in [3.8, 4) is 0 Å². The third-order valence-electron chi connectivity index (χ3n) is 3.10. The van der Waals surface area contributed by atoms with Gasteiger partial charge in [0, 0.05) is 38.5 Å². The Kier molecular flexibility index (Phi) is 9.83. The molecule has 0 rings (SSSR count). The maximum absolute atomic E-state index is 12.0. The van der Waals surface area contributed by atoms with E-state index >= 15 is 0 Å². The molecule has 0 bridgehead atoms. The van der Waals surface area contributed by atoms with Crippen LogP contribution in [0.15, 0.2) is 24.3 Å². The number of methoxy groups -OCH3 is 3. The summed E-state index contributed by atoms with van der Waals surface area (Å²) in [7, 11) is 0.819. The molecule has 0 saturated carbocycles. The normalized spacial score (nSPS) is 13.7. The molecule has 1 atom stereocenters. The first-order valence-electron chi connectivity index (χ1n) is 7.62. The third-order valence-corrected chi connectivity index (χ3v) is 5.67. The van der Waals surface area contributed by atoms with Gasteiger partial charge in [0.25, 0.3) is 0 Å². The number of ether oxygens (including phenoxy) is 4. The fourth-order valence-corrected chi connectivity index (χ4v) is 4.10. The number of carbonyl (C=O) groups excluding carboxylic acids is 2. The van der Waals surface area contributed by atoms with Crippen molar-refractivity contribution in [2.75, 3.05) is 27.9 Å².